The lowest BCUT2D eigenvalue weighted by Gasteiger charge is -2.16. The SMILES string of the molecule is NC/C(=C\F)COc1ccc(C(=O)NCCCCCCC(=O)CCCCC2SCC3NC(=O)NC32)cc1. The van der Waals surface area contributed by atoms with Gasteiger partial charge in [-0.3, -0.25) is 9.59 Å². The average Bonchev–Trinajstić information content (AvgIpc) is 3.46. The van der Waals surface area contributed by atoms with E-state index in [9.17, 15) is 18.8 Å². The number of Topliss-reactive ketones (excluding diaryl/α,β-unsaturated/α-hetero) is 1. The van der Waals surface area contributed by atoms with E-state index in [0.29, 0.717) is 53.6 Å². The lowest BCUT2D eigenvalue weighted by atomic mass is 10.0. The first-order valence-electron chi connectivity index (χ1n) is 13.2. The van der Waals surface area contributed by atoms with Gasteiger partial charge in [0, 0.05) is 48.1 Å². The number of amides is 3. The smallest absolute Gasteiger partial charge is 0.315 e. The van der Waals surface area contributed by atoms with Crippen LogP contribution in [0, 0.1) is 0 Å². The van der Waals surface area contributed by atoms with Gasteiger partial charge in [-0.05, 0) is 49.9 Å². The number of halogens is 1. The third-order valence-corrected chi connectivity index (χ3v) is 8.27. The van der Waals surface area contributed by atoms with Crippen LogP contribution in [0.25, 0.3) is 0 Å². The summed E-state index contributed by atoms with van der Waals surface area (Å²) in [6.45, 7) is 0.754. The summed E-state index contributed by atoms with van der Waals surface area (Å²) in [6.07, 6.45) is 8.37. The minimum Gasteiger partial charge on any atom is -0.489 e. The Bertz CT molecular complexity index is 927. The predicted molar refractivity (Wildman–Crippen MR) is 145 cm³/mol. The monoisotopic (exact) mass is 534 g/mol. The molecule has 0 radical (unpaired) electrons. The van der Waals surface area contributed by atoms with Crippen LogP contribution in [0.5, 0.6) is 5.75 Å². The average molecular weight is 535 g/mol. The van der Waals surface area contributed by atoms with Gasteiger partial charge >= 0.3 is 6.03 Å². The van der Waals surface area contributed by atoms with Crippen molar-refractivity contribution in [3.63, 3.8) is 0 Å². The topological polar surface area (TPSA) is 123 Å². The number of urea groups is 1. The molecule has 204 valence electrons. The number of fused-ring (bicyclic) bond motifs is 1. The molecule has 10 heteroatoms. The highest BCUT2D eigenvalue weighted by Crippen LogP contribution is 2.33. The maximum absolute atomic E-state index is 12.5. The molecule has 0 aliphatic carbocycles. The second-order valence-corrected chi connectivity index (χ2v) is 10.9. The molecule has 3 rings (SSSR count). The van der Waals surface area contributed by atoms with Crippen molar-refractivity contribution in [3.8, 4) is 5.75 Å². The van der Waals surface area contributed by atoms with E-state index in [0.717, 1.165) is 50.7 Å². The second kappa shape index (κ2) is 15.6. The number of hydrogen-bond donors (Lipinski definition) is 4. The minimum absolute atomic E-state index is 0.0537. The van der Waals surface area contributed by atoms with Crippen molar-refractivity contribution in [1.82, 2.24) is 16.0 Å². The fraction of sp³-hybridized carbons (Fsp3) is 0.593. The first-order valence-corrected chi connectivity index (χ1v) is 14.2. The van der Waals surface area contributed by atoms with Crippen LogP contribution < -0.4 is 26.4 Å². The summed E-state index contributed by atoms with van der Waals surface area (Å²) in [5.74, 6) is 1.69. The molecular formula is C27H39FN4O4S. The van der Waals surface area contributed by atoms with Crippen molar-refractivity contribution in [2.75, 3.05) is 25.4 Å². The van der Waals surface area contributed by atoms with Gasteiger partial charge in [-0.2, -0.15) is 11.8 Å². The standard InChI is InChI=1S/C27H39FN4O4S/c28-15-19(16-29)17-36-22-12-10-20(11-13-22)26(34)30-14-6-2-1-3-7-21(33)8-4-5-9-24-25-23(18-37-24)31-27(35)32-25/h10-13,15,23-25H,1-9,14,16-18,29H2,(H,30,34)(H2,31,32,35)/b19-15+. The summed E-state index contributed by atoms with van der Waals surface area (Å²) in [5.41, 5.74) is 6.29. The van der Waals surface area contributed by atoms with E-state index in [-0.39, 0.29) is 37.2 Å². The van der Waals surface area contributed by atoms with Crippen LogP contribution in [0.15, 0.2) is 36.2 Å². The molecule has 3 atom stereocenters. The first kappa shape index (κ1) is 29.0. The van der Waals surface area contributed by atoms with Crippen molar-refractivity contribution in [2.24, 2.45) is 5.73 Å². The molecule has 2 fully saturated rings. The molecule has 2 aliphatic heterocycles. The number of ketones is 1. The predicted octanol–water partition coefficient (Wildman–Crippen LogP) is 3.85. The third-order valence-electron chi connectivity index (χ3n) is 6.76. The molecule has 1 aromatic carbocycles. The van der Waals surface area contributed by atoms with Gasteiger partial charge in [-0.25, -0.2) is 9.18 Å². The van der Waals surface area contributed by atoms with E-state index >= 15 is 0 Å². The van der Waals surface area contributed by atoms with Gasteiger partial charge in [-0.1, -0.05) is 19.3 Å². The van der Waals surface area contributed by atoms with E-state index in [2.05, 4.69) is 16.0 Å². The van der Waals surface area contributed by atoms with Crippen LogP contribution in [-0.4, -0.2) is 60.5 Å². The van der Waals surface area contributed by atoms with Gasteiger partial charge in [0.25, 0.3) is 5.91 Å². The molecule has 1 aromatic rings. The Morgan fingerprint density at radius 3 is 2.54 bits per heavy atom. The lowest BCUT2D eigenvalue weighted by molar-refractivity contribution is -0.119. The quantitative estimate of drug-likeness (QED) is 0.178. The van der Waals surface area contributed by atoms with E-state index in [4.69, 9.17) is 10.5 Å². The molecule has 8 nitrogen and oxygen atoms in total. The molecule has 0 saturated carbocycles. The molecule has 2 saturated heterocycles. The van der Waals surface area contributed by atoms with E-state index < -0.39 is 0 Å². The maximum Gasteiger partial charge on any atom is 0.315 e. The van der Waals surface area contributed by atoms with Crippen molar-refractivity contribution in [2.45, 2.75) is 75.1 Å². The maximum atomic E-state index is 12.5. The Balaban J connectivity index is 1.16. The second-order valence-electron chi connectivity index (χ2n) is 9.61. The summed E-state index contributed by atoms with van der Waals surface area (Å²) in [7, 11) is 0. The van der Waals surface area contributed by atoms with Crippen molar-refractivity contribution >= 4 is 29.5 Å². The molecular weight excluding hydrogens is 495 g/mol. The molecule has 3 unspecified atom stereocenters. The highest BCUT2D eigenvalue weighted by molar-refractivity contribution is 8.00. The lowest BCUT2D eigenvalue weighted by Crippen LogP contribution is -2.36. The van der Waals surface area contributed by atoms with E-state index in [1.807, 2.05) is 11.8 Å². The Labute approximate surface area is 222 Å². The van der Waals surface area contributed by atoms with Gasteiger partial charge in [-0.15, -0.1) is 0 Å². The van der Waals surface area contributed by atoms with Gasteiger partial charge in [0.1, 0.15) is 18.1 Å². The number of thioether (sulfide) groups is 1. The normalized spacial score (nSPS) is 20.8. The molecule has 37 heavy (non-hydrogen) atoms. The van der Waals surface area contributed by atoms with Gasteiger partial charge in [0.05, 0.1) is 18.4 Å². The Kier molecular flexibility index (Phi) is 12.2. The Morgan fingerprint density at radius 1 is 1.08 bits per heavy atom. The van der Waals surface area contributed by atoms with Crippen LogP contribution >= 0.6 is 11.8 Å². The van der Waals surface area contributed by atoms with Crippen LogP contribution in [0.2, 0.25) is 0 Å². The Hall–Kier alpha value is -2.59. The molecule has 2 aliphatic rings. The number of ether oxygens (including phenoxy) is 1. The van der Waals surface area contributed by atoms with E-state index in [1.54, 1.807) is 24.3 Å². The molecule has 3 amide bonds. The van der Waals surface area contributed by atoms with Gasteiger partial charge in [0.15, 0.2) is 0 Å². The van der Waals surface area contributed by atoms with Crippen molar-refractivity contribution in [1.29, 1.82) is 0 Å². The highest BCUT2D eigenvalue weighted by atomic mass is 32.2. The largest absolute Gasteiger partial charge is 0.489 e. The number of carbonyl (C=O) groups excluding carboxylic acids is 3. The summed E-state index contributed by atoms with van der Waals surface area (Å²) in [6, 6.07) is 7.13. The molecule has 2 heterocycles. The van der Waals surface area contributed by atoms with Gasteiger partial charge < -0.3 is 26.4 Å². The fourth-order valence-corrected chi connectivity index (χ4v) is 6.10. The summed E-state index contributed by atoms with van der Waals surface area (Å²) in [4.78, 5) is 35.9. The zero-order valence-corrected chi connectivity index (χ0v) is 22.1. The van der Waals surface area contributed by atoms with Crippen LogP contribution in [0.1, 0.15) is 68.1 Å². The van der Waals surface area contributed by atoms with Crippen molar-refractivity contribution < 1.29 is 23.5 Å². The molecule has 0 spiro atoms. The fourth-order valence-electron chi connectivity index (χ4n) is 4.55. The number of nitrogens with two attached hydrogens (primary N) is 1. The van der Waals surface area contributed by atoms with Crippen LogP contribution in [0.3, 0.4) is 0 Å². The van der Waals surface area contributed by atoms with E-state index in [1.165, 1.54) is 0 Å². The third kappa shape index (κ3) is 9.66. The zero-order chi connectivity index (χ0) is 26.5. The molecule has 5 N–H and O–H groups in total. The first-order chi connectivity index (χ1) is 18.0. The number of nitrogens with one attached hydrogen (secondary N) is 3. The number of unbranched alkanes of at least 4 members (excludes halogenated alkanes) is 4. The van der Waals surface area contributed by atoms with Crippen LogP contribution in [-0.2, 0) is 4.79 Å². The molecule has 0 aromatic heterocycles. The number of benzene rings is 1. The van der Waals surface area contributed by atoms with Crippen molar-refractivity contribution in [3.05, 3.63) is 41.7 Å². The van der Waals surface area contributed by atoms with Gasteiger partial charge in [0.2, 0.25) is 0 Å². The summed E-state index contributed by atoms with van der Waals surface area (Å²) in [5, 5.41) is 9.33. The van der Waals surface area contributed by atoms with Crippen LogP contribution in [0.4, 0.5) is 9.18 Å². The molecule has 0 bridgehead atoms. The number of hydrogen-bond acceptors (Lipinski definition) is 6. The summed E-state index contributed by atoms with van der Waals surface area (Å²) >= 11 is 1.91. The highest BCUT2D eigenvalue weighted by Gasteiger charge is 2.42. The Morgan fingerprint density at radius 2 is 1.81 bits per heavy atom. The summed E-state index contributed by atoms with van der Waals surface area (Å²) < 4.78 is 18.0. The minimum atomic E-state index is -0.147. The number of carbonyl (C=O) groups is 3. The zero-order valence-electron chi connectivity index (χ0n) is 21.3. The number of rotatable bonds is 17.